The summed E-state index contributed by atoms with van der Waals surface area (Å²) >= 11 is 1.27. The average Bonchev–Trinajstić information content (AvgIpc) is 3.75. The van der Waals surface area contributed by atoms with E-state index in [1.54, 1.807) is 31.4 Å². The van der Waals surface area contributed by atoms with Crippen LogP contribution in [0.25, 0.3) is 5.69 Å². The fourth-order valence-corrected chi connectivity index (χ4v) is 6.00. The van der Waals surface area contributed by atoms with Crippen LogP contribution in [0.5, 0.6) is 11.5 Å². The maximum Gasteiger partial charge on any atom is 0.253 e. The summed E-state index contributed by atoms with van der Waals surface area (Å²) in [6, 6.07) is 33.7. The van der Waals surface area contributed by atoms with Crippen LogP contribution in [0.1, 0.15) is 39.8 Å². The molecule has 11 heteroatoms. The summed E-state index contributed by atoms with van der Waals surface area (Å²) in [5.41, 5.74) is 4.07. The first-order valence-corrected chi connectivity index (χ1v) is 15.7. The maximum atomic E-state index is 13.9. The highest BCUT2D eigenvalue weighted by Crippen LogP contribution is 2.35. The van der Waals surface area contributed by atoms with Gasteiger partial charge in [-0.05, 0) is 71.8 Å². The van der Waals surface area contributed by atoms with E-state index in [0.717, 1.165) is 34.0 Å². The van der Waals surface area contributed by atoms with Crippen molar-refractivity contribution in [1.82, 2.24) is 25.1 Å². The summed E-state index contributed by atoms with van der Waals surface area (Å²) in [7, 11) is 3.25. The second kappa shape index (κ2) is 14.1. The summed E-state index contributed by atoms with van der Waals surface area (Å²) in [4.78, 5) is 26.6. The molecule has 1 aromatic heterocycles. The van der Waals surface area contributed by atoms with Crippen LogP contribution in [0.4, 0.5) is 0 Å². The molecule has 5 aromatic rings. The number of hydrogen-bond acceptors (Lipinski definition) is 8. The molecule has 2 amide bonds. The van der Waals surface area contributed by atoms with E-state index in [4.69, 9.17) is 14.6 Å². The molecule has 1 aliphatic heterocycles. The minimum atomic E-state index is -0.285. The Labute approximate surface area is 271 Å². The van der Waals surface area contributed by atoms with Crippen LogP contribution < -0.4 is 14.8 Å². The first-order chi connectivity index (χ1) is 22.5. The zero-order valence-corrected chi connectivity index (χ0v) is 26.2. The molecule has 6 rings (SSSR count). The lowest BCUT2D eigenvalue weighted by atomic mass is 9.98. The third-order valence-electron chi connectivity index (χ3n) is 7.57. The number of rotatable bonds is 11. The highest BCUT2D eigenvalue weighted by Gasteiger charge is 2.33. The Morgan fingerprint density at radius 2 is 1.46 bits per heavy atom. The standard InChI is InChI=1S/C35H32N6O4S/c1-44-28-17-13-24(14-18-28)30-21-31(25-15-19-29(45-2)20-16-25)41(39-30)33(42)23-46-35-38-37-32(40(35)27-11-7-4-8-12-27)22-36-34(43)26-9-5-3-6-10-26/h3-20,31H,21-23H2,1-2H3,(H,36,43)/t31-/m1/s1. The Morgan fingerprint density at radius 3 is 2.11 bits per heavy atom. The van der Waals surface area contributed by atoms with Crippen LogP contribution in [0, 0.1) is 0 Å². The summed E-state index contributed by atoms with van der Waals surface area (Å²) in [5, 5.41) is 18.6. The number of benzene rings is 4. The molecule has 0 bridgehead atoms. The molecule has 1 aliphatic rings. The Balaban J connectivity index is 1.23. The molecular weight excluding hydrogens is 600 g/mol. The topological polar surface area (TPSA) is 111 Å². The molecule has 0 saturated carbocycles. The SMILES string of the molecule is COc1ccc(C2=NN(C(=O)CSc3nnc(CNC(=O)c4ccccc4)n3-c3ccccc3)[C@@H](c3ccc(OC)cc3)C2)cc1. The normalized spacial score (nSPS) is 14.1. The number of ether oxygens (including phenoxy) is 2. The smallest absolute Gasteiger partial charge is 0.253 e. The van der Waals surface area contributed by atoms with Crippen molar-refractivity contribution in [2.75, 3.05) is 20.0 Å². The number of hydrazone groups is 1. The monoisotopic (exact) mass is 632 g/mol. The molecule has 0 aliphatic carbocycles. The second-order valence-corrected chi connectivity index (χ2v) is 11.4. The Hall–Kier alpha value is -5.42. The largest absolute Gasteiger partial charge is 0.497 e. The average molecular weight is 633 g/mol. The number of nitrogens with one attached hydrogen (secondary N) is 1. The van der Waals surface area contributed by atoms with Gasteiger partial charge in [0.15, 0.2) is 11.0 Å². The minimum Gasteiger partial charge on any atom is -0.497 e. The van der Waals surface area contributed by atoms with Crippen molar-refractivity contribution in [3.8, 4) is 17.2 Å². The van der Waals surface area contributed by atoms with Crippen molar-refractivity contribution in [2.24, 2.45) is 5.10 Å². The van der Waals surface area contributed by atoms with E-state index in [9.17, 15) is 9.59 Å². The van der Waals surface area contributed by atoms with Gasteiger partial charge in [0, 0.05) is 17.7 Å². The molecule has 1 atom stereocenters. The molecule has 2 heterocycles. The van der Waals surface area contributed by atoms with Crippen molar-refractivity contribution in [2.45, 2.75) is 24.2 Å². The Kier molecular flexibility index (Phi) is 9.40. The lowest BCUT2D eigenvalue weighted by molar-refractivity contribution is -0.130. The van der Waals surface area contributed by atoms with Crippen LogP contribution in [-0.4, -0.2) is 57.3 Å². The zero-order chi connectivity index (χ0) is 31.9. The van der Waals surface area contributed by atoms with Gasteiger partial charge < -0.3 is 14.8 Å². The molecular formula is C35H32N6O4S. The van der Waals surface area contributed by atoms with Gasteiger partial charge in [-0.2, -0.15) is 5.10 Å². The van der Waals surface area contributed by atoms with Gasteiger partial charge in [0.05, 0.1) is 38.3 Å². The van der Waals surface area contributed by atoms with Crippen molar-refractivity contribution >= 4 is 29.3 Å². The quantitative estimate of drug-likeness (QED) is 0.187. The first-order valence-electron chi connectivity index (χ1n) is 14.7. The van der Waals surface area contributed by atoms with E-state index >= 15 is 0 Å². The van der Waals surface area contributed by atoms with Crippen LogP contribution >= 0.6 is 11.8 Å². The lowest BCUT2D eigenvalue weighted by Crippen LogP contribution is -2.28. The fourth-order valence-electron chi connectivity index (χ4n) is 5.17. The van der Waals surface area contributed by atoms with Gasteiger partial charge >= 0.3 is 0 Å². The number of hydrogen-bond donors (Lipinski definition) is 1. The van der Waals surface area contributed by atoms with Gasteiger partial charge in [-0.1, -0.05) is 60.3 Å². The summed E-state index contributed by atoms with van der Waals surface area (Å²) in [6.45, 7) is 0.158. The van der Waals surface area contributed by atoms with E-state index in [1.807, 2.05) is 102 Å². The summed E-state index contributed by atoms with van der Waals surface area (Å²) in [5.74, 6) is 1.73. The number of methoxy groups -OCH3 is 2. The lowest BCUT2D eigenvalue weighted by Gasteiger charge is -2.22. The number of carbonyl (C=O) groups is 2. The predicted molar refractivity (Wildman–Crippen MR) is 176 cm³/mol. The van der Waals surface area contributed by atoms with Crippen LogP contribution in [-0.2, 0) is 11.3 Å². The van der Waals surface area contributed by atoms with Crippen molar-refractivity contribution < 1.29 is 19.1 Å². The molecule has 0 unspecified atom stereocenters. The fraction of sp³-hybridized carbons (Fsp3) is 0.171. The minimum absolute atomic E-state index is 0.0768. The maximum absolute atomic E-state index is 13.9. The Bertz CT molecular complexity index is 1830. The summed E-state index contributed by atoms with van der Waals surface area (Å²) in [6.07, 6.45) is 0.556. The van der Waals surface area contributed by atoms with E-state index in [1.165, 1.54) is 11.8 Å². The van der Waals surface area contributed by atoms with E-state index < -0.39 is 0 Å². The third-order valence-corrected chi connectivity index (χ3v) is 8.49. The number of para-hydroxylation sites is 1. The van der Waals surface area contributed by atoms with Gasteiger partial charge in [-0.25, -0.2) is 5.01 Å². The molecule has 0 radical (unpaired) electrons. The van der Waals surface area contributed by atoms with Gasteiger partial charge in [-0.15, -0.1) is 10.2 Å². The van der Waals surface area contributed by atoms with Crippen LogP contribution in [0.2, 0.25) is 0 Å². The number of aromatic nitrogens is 3. The number of carbonyl (C=O) groups excluding carboxylic acids is 2. The van der Waals surface area contributed by atoms with Gasteiger partial charge in [0.2, 0.25) is 0 Å². The number of amides is 2. The molecule has 0 spiro atoms. The van der Waals surface area contributed by atoms with Crippen molar-refractivity contribution in [1.29, 1.82) is 0 Å². The van der Waals surface area contributed by atoms with Gasteiger partial charge in [0.25, 0.3) is 11.8 Å². The second-order valence-electron chi connectivity index (χ2n) is 10.4. The third kappa shape index (κ3) is 6.79. The molecule has 232 valence electrons. The first kappa shape index (κ1) is 30.6. The number of nitrogens with zero attached hydrogens (tertiary/aromatic N) is 5. The van der Waals surface area contributed by atoms with Crippen molar-refractivity contribution in [3.63, 3.8) is 0 Å². The highest BCUT2D eigenvalue weighted by atomic mass is 32.2. The molecule has 10 nitrogen and oxygen atoms in total. The molecule has 0 fully saturated rings. The van der Waals surface area contributed by atoms with Crippen LogP contribution in [0.15, 0.2) is 119 Å². The van der Waals surface area contributed by atoms with Crippen molar-refractivity contribution in [3.05, 3.63) is 132 Å². The van der Waals surface area contributed by atoms with Gasteiger partial charge in [0.1, 0.15) is 11.5 Å². The molecule has 46 heavy (non-hydrogen) atoms. The molecule has 1 N–H and O–H groups in total. The summed E-state index contributed by atoms with van der Waals surface area (Å²) < 4.78 is 12.5. The highest BCUT2D eigenvalue weighted by molar-refractivity contribution is 7.99. The predicted octanol–water partition coefficient (Wildman–Crippen LogP) is 5.68. The zero-order valence-electron chi connectivity index (χ0n) is 25.4. The van der Waals surface area contributed by atoms with E-state index in [2.05, 4.69) is 15.5 Å². The molecule has 4 aromatic carbocycles. The van der Waals surface area contributed by atoms with Gasteiger partial charge in [-0.3, -0.25) is 14.2 Å². The van der Waals surface area contributed by atoms with E-state index in [-0.39, 0.29) is 30.2 Å². The molecule has 0 saturated heterocycles. The van der Waals surface area contributed by atoms with E-state index in [0.29, 0.717) is 23.0 Å². The Morgan fingerprint density at radius 1 is 0.826 bits per heavy atom. The number of thioether (sulfide) groups is 1. The van der Waals surface area contributed by atoms with Crippen LogP contribution in [0.3, 0.4) is 0 Å².